The molecule has 46 heavy (non-hydrogen) atoms. The van der Waals surface area contributed by atoms with Crippen molar-refractivity contribution in [1.82, 2.24) is 25.5 Å². The van der Waals surface area contributed by atoms with Crippen LogP contribution in [0.25, 0.3) is 10.9 Å². The van der Waals surface area contributed by atoms with Gasteiger partial charge < -0.3 is 36.2 Å². The highest BCUT2D eigenvalue weighted by Gasteiger charge is 2.42. The molecule has 4 amide bonds. The molecule has 14 heteroatoms. The van der Waals surface area contributed by atoms with Crippen LogP contribution in [0.4, 0.5) is 22.9 Å². The standard InChI is InChI=1S/C32H41ClN8O5/c1-17(34-6)29(43)40-27(32(3,4)5)31(45)41-12-8-9-25(41)30(44)39-24-14-20-22(15-26(24)46-7)35-16-36-28(20)38-23-13-19(37-18(2)42)10-11-21(23)33/h10-11,13-17,25,27,34H,8-9,12H2,1-7H3,(H,37,42)(H,39,44)(H,40,43)(H,35,36,38). The number of aromatic nitrogens is 2. The number of halogens is 1. The molecule has 246 valence electrons. The van der Waals surface area contributed by atoms with Gasteiger partial charge in [-0.15, -0.1) is 0 Å². The van der Waals surface area contributed by atoms with Crippen LogP contribution in [0, 0.1) is 5.41 Å². The second-order valence-corrected chi connectivity index (χ2v) is 12.7. The predicted octanol–water partition coefficient (Wildman–Crippen LogP) is 4.06. The smallest absolute Gasteiger partial charge is 0.247 e. The Labute approximate surface area is 273 Å². The van der Waals surface area contributed by atoms with Crippen molar-refractivity contribution in [3.05, 3.63) is 41.7 Å². The summed E-state index contributed by atoms with van der Waals surface area (Å²) in [6.45, 7) is 9.14. The van der Waals surface area contributed by atoms with Gasteiger partial charge in [0.05, 0.1) is 35.1 Å². The number of rotatable bonds is 10. The molecule has 0 aliphatic carbocycles. The van der Waals surface area contributed by atoms with Crippen LogP contribution < -0.4 is 31.3 Å². The molecule has 1 aliphatic rings. The van der Waals surface area contributed by atoms with Gasteiger partial charge in [-0.1, -0.05) is 32.4 Å². The molecule has 3 unspecified atom stereocenters. The minimum absolute atomic E-state index is 0.224. The first-order valence-electron chi connectivity index (χ1n) is 15.0. The van der Waals surface area contributed by atoms with Crippen molar-refractivity contribution in [3.8, 4) is 5.75 Å². The van der Waals surface area contributed by atoms with Crippen LogP contribution in [0.1, 0.15) is 47.5 Å². The summed E-state index contributed by atoms with van der Waals surface area (Å²) in [5, 5.41) is 15.6. The Hall–Kier alpha value is -4.49. The Morgan fingerprint density at radius 2 is 1.80 bits per heavy atom. The van der Waals surface area contributed by atoms with E-state index < -0.39 is 23.5 Å². The van der Waals surface area contributed by atoms with Gasteiger partial charge in [-0.05, 0) is 56.5 Å². The number of fused-ring (bicyclic) bond motifs is 1. The Morgan fingerprint density at radius 3 is 2.46 bits per heavy atom. The third-order valence-electron chi connectivity index (χ3n) is 7.82. The molecule has 5 N–H and O–H groups in total. The summed E-state index contributed by atoms with van der Waals surface area (Å²) in [6.07, 6.45) is 2.48. The maximum Gasteiger partial charge on any atom is 0.247 e. The third kappa shape index (κ3) is 7.83. The summed E-state index contributed by atoms with van der Waals surface area (Å²) in [4.78, 5) is 62.2. The largest absolute Gasteiger partial charge is 0.494 e. The zero-order chi connectivity index (χ0) is 33.8. The van der Waals surface area contributed by atoms with E-state index >= 15 is 0 Å². The van der Waals surface area contributed by atoms with E-state index in [0.717, 1.165) is 0 Å². The minimum Gasteiger partial charge on any atom is -0.494 e. The zero-order valence-corrected chi connectivity index (χ0v) is 27.8. The van der Waals surface area contributed by atoms with Gasteiger partial charge in [0, 0.05) is 30.6 Å². The number of nitrogens with one attached hydrogen (secondary N) is 5. The number of likely N-dealkylation sites (N-methyl/N-ethyl adjacent to an activating group) is 1. The lowest BCUT2D eigenvalue weighted by Gasteiger charge is -2.36. The van der Waals surface area contributed by atoms with Gasteiger partial charge >= 0.3 is 0 Å². The molecule has 2 aromatic carbocycles. The first kappa shape index (κ1) is 34.4. The number of ether oxygens (including phenoxy) is 1. The van der Waals surface area contributed by atoms with Crippen molar-refractivity contribution in [3.63, 3.8) is 0 Å². The molecular weight excluding hydrogens is 612 g/mol. The van der Waals surface area contributed by atoms with Gasteiger partial charge in [-0.2, -0.15) is 0 Å². The van der Waals surface area contributed by atoms with E-state index in [0.29, 0.717) is 63.9 Å². The van der Waals surface area contributed by atoms with E-state index in [9.17, 15) is 19.2 Å². The normalized spacial score (nSPS) is 16.0. The van der Waals surface area contributed by atoms with Crippen molar-refractivity contribution in [2.75, 3.05) is 36.7 Å². The Kier molecular flexibility index (Phi) is 10.7. The maximum absolute atomic E-state index is 13.9. The van der Waals surface area contributed by atoms with E-state index in [1.807, 2.05) is 20.8 Å². The molecule has 1 fully saturated rings. The second kappa shape index (κ2) is 14.3. The van der Waals surface area contributed by atoms with E-state index in [1.54, 1.807) is 49.2 Å². The highest BCUT2D eigenvalue weighted by molar-refractivity contribution is 6.33. The van der Waals surface area contributed by atoms with Crippen LogP contribution >= 0.6 is 11.6 Å². The topological polar surface area (TPSA) is 167 Å². The molecule has 1 aliphatic heterocycles. The van der Waals surface area contributed by atoms with Crippen LogP contribution in [0.15, 0.2) is 36.7 Å². The average molecular weight is 653 g/mol. The second-order valence-electron chi connectivity index (χ2n) is 12.3. The summed E-state index contributed by atoms with van der Waals surface area (Å²) < 4.78 is 5.59. The molecule has 1 aromatic heterocycles. The number of hydrogen-bond donors (Lipinski definition) is 5. The molecule has 13 nitrogen and oxygen atoms in total. The van der Waals surface area contributed by atoms with Gasteiger partial charge in [0.2, 0.25) is 23.6 Å². The first-order valence-corrected chi connectivity index (χ1v) is 15.4. The van der Waals surface area contributed by atoms with Gasteiger partial charge in [0.1, 0.15) is 30.0 Å². The number of amides is 4. The van der Waals surface area contributed by atoms with Gasteiger partial charge in [-0.3, -0.25) is 19.2 Å². The number of benzene rings is 2. The summed E-state index contributed by atoms with van der Waals surface area (Å²) in [6, 6.07) is 6.31. The van der Waals surface area contributed by atoms with Gasteiger partial charge in [0.25, 0.3) is 0 Å². The molecule has 3 atom stereocenters. The summed E-state index contributed by atoms with van der Waals surface area (Å²) >= 11 is 6.44. The van der Waals surface area contributed by atoms with Crippen molar-refractivity contribution >= 4 is 69.0 Å². The van der Waals surface area contributed by atoms with Crippen LogP contribution in [-0.4, -0.2) is 77.3 Å². The number of nitrogens with zero attached hydrogens (tertiary/aromatic N) is 3. The molecule has 0 radical (unpaired) electrons. The fourth-order valence-electron chi connectivity index (χ4n) is 5.21. The maximum atomic E-state index is 13.9. The molecule has 0 saturated carbocycles. The monoisotopic (exact) mass is 652 g/mol. The number of anilines is 4. The number of likely N-dealkylation sites (tertiary alicyclic amines) is 1. The van der Waals surface area contributed by atoms with Gasteiger partial charge in [0.15, 0.2) is 0 Å². The molecule has 0 bridgehead atoms. The zero-order valence-electron chi connectivity index (χ0n) is 27.1. The predicted molar refractivity (Wildman–Crippen MR) is 178 cm³/mol. The lowest BCUT2D eigenvalue weighted by molar-refractivity contribution is -0.143. The summed E-state index contributed by atoms with van der Waals surface area (Å²) in [5.41, 5.74) is 1.35. The van der Waals surface area contributed by atoms with E-state index in [1.165, 1.54) is 20.4 Å². The lowest BCUT2D eigenvalue weighted by atomic mass is 9.85. The average Bonchev–Trinajstić information content (AvgIpc) is 3.50. The SMILES string of the molecule is CNC(C)C(=O)NC(C(=O)N1CCCC1C(=O)Nc1cc2c(Nc3cc(NC(C)=O)ccc3Cl)ncnc2cc1OC)C(C)(C)C. The van der Waals surface area contributed by atoms with Crippen LogP contribution in [-0.2, 0) is 19.2 Å². The molecular formula is C32H41ClN8O5. The minimum atomic E-state index is -0.832. The molecule has 1 saturated heterocycles. The van der Waals surface area contributed by atoms with Crippen LogP contribution in [0.5, 0.6) is 5.75 Å². The Balaban J connectivity index is 1.62. The van der Waals surface area contributed by atoms with E-state index in [-0.39, 0.29) is 23.6 Å². The first-order chi connectivity index (χ1) is 21.7. The molecule has 3 aromatic rings. The Bertz CT molecular complexity index is 1640. The fourth-order valence-corrected chi connectivity index (χ4v) is 5.38. The van der Waals surface area contributed by atoms with Crippen molar-refractivity contribution < 1.29 is 23.9 Å². The highest BCUT2D eigenvalue weighted by Crippen LogP contribution is 2.36. The number of carbonyl (C=O) groups excluding carboxylic acids is 4. The molecule has 4 rings (SSSR count). The summed E-state index contributed by atoms with van der Waals surface area (Å²) in [7, 11) is 3.16. The summed E-state index contributed by atoms with van der Waals surface area (Å²) in [5.74, 6) is -0.450. The van der Waals surface area contributed by atoms with Gasteiger partial charge in [-0.25, -0.2) is 9.97 Å². The highest BCUT2D eigenvalue weighted by atomic mass is 35.5. The molecule has 2 heterocycles. The van der Waals surface area contributed by atoms with Crippen LogP contribution in [0.2, 0.25) is 5.02 Å². The lowest BCUT2D eigenvalue weighted by Crippen LogP contribution is -2.59. The number of methoxy groups -OCH3 is 1. The van der Waals surface area contributed by atoms with E-state index in [4.69, 9.17) is 16.3 Å². The number of carbonyl (C=O) groups is 4. The quantitative estimate of drug-likeness (QED) is 0.217. The Morgan fingerprint density at radius 1 is 1.07 bits per heavy atom. The molecule has 0 spiro atoms. The fraction of sp³-hybridized carbons (Fsp3) is 0.438. The van der Waals surface area contributed by atoms with Crippen molar-refractivity contribution in [2.45, 2.75) is 65.6 Å². The number of hydrogen-bond acceptors (Lipinski definition) is 9. The van der Waals surface area contributed by atoms with E-state index in [2.05, 4.69) is 36.6 Å². The van der Waals surface area contributed by atoms with Crippen LogP contribution in [0.3, 0.4) is 0 Å². The third-order valence-corrected chi connectivity index (χ3v) is 8.15. The van der Waals surface area contributed by atoms with Crippen molar-refractivity contribution in [1.29, 1.82) is 0 Å². The van der Waals surface area contributed by atoms with Crippen molar-refractivity contribution in [2.24, 2.45) is 5.41 Å².